The molecule has 1 aliphatic carbocycles. The van der Waals surface area contributed by atoms with Crippen LogP contribution in [-0.2, 0) is 6.42 Å². The second-order valence-corrected chi connectivity index (χ2v) is 19.1. The van der Waals surface area contributed by atoms with Crippen molar-refractivity contribution in [3.05, 3.63) is 266 Å². The van der Waals surface area contributed by atoms with Crippen molar-refractivity contribution in [2.75, 3.05) is 0 Å². The van der Waals surface area contributed by atoms with Crippen molar-refractivity contribution < 1.29 is 4.42 Å². The molecule has 1 atom stereocenters. The number of aromatic nitrogens is 3. The minimum Gasteiger partial charge on any atom is -0.456 e. The highest BCUT2D eigenvalue weighted by Crippen LogP contribution is 2.41. The summed E-state index contributed by atoms with van der Waals surface area (Å²) in [7, 11) is 0. The molecule has 0 N–H and O–H groups in total. The highest BCUT2D eigenvalue weighted by molar-refractivity contribution is 6.14. The van der Waals surface area contributed by atoms with Gasteiger partial charge in [0.05, 0.1) is 0 Å². The van der Waals surface area contributed by atoms with E-state index in [1.54, 1.807) is 0 Å². The van der Waals surface area contributed by atoms with Gasteiger partial charge in [0, 0.05) is 27.8 Å². The molecule has 1 aliphatic rings. The van der Waals surface area contributed by atoms with Crippen LogP contribution in [0.3, 0.4) is 0 Å². The van der Waals surface area contributed by atoms with Gasteiger partial charge in [0.25, 0.3) is 0 Å². The summed E-state index contributed by atoms with van der Waals surface area (Å²) in [6.07, 6.45) is 5.30. The van der Waals surface area contributed by atoms with E-state index < -0.39 is 0 Å². The number of allylic oxidation sites excluding steroid dienone is 1. The average Bonchev–Trinajstić information content (AvgIpc) is 3.86. The Morgan fingerprint density at radius 1 is 0.342 bits per heavy atom. The molecule has 0 aliphatic heterocycles. The van der Waals surface area contributed by atoms with Crippen LogP contribution >= 0.6 is 0 Å². The maximum absolute atomic E-state index is 6.53. The fraction of sp³-hybridized carbons (Fsp3) is 0.0290. The fourth-order valence-corrected chi connectivity index (χ4v) is 10.9. The zero-order chi connectivity index (χ0) is 48.2. The topological polar surface area (TPSA) is 51.8 Å². The van der Waals surface area contributed by atoms with Gasteiger partial charge in [0.15, 0.2) is 11.6 Å². The summed E-state index contributed by atoms with van der Waals surface area (Å²) in [5.74, 6) is 1.98. The van der Waals surface area contributed by atoms with Crippen LogP contribution in [0.2, 0.25) is 0 Å². The van der Waals surface area contributed by atoms with Crippen LogP contribution in [0.25, 0.3) is 128 Å². The molecule has 0 amide bonds. The minimum absolute atomic E-state index is 0.0591. The summed E-state index contributed by atoms with van der Waals surface area (Å²) in [5, 5.41) is 6.93. The first-order valence-electron chi connectivity index (χ1n) is 25.0. The molecule has 0 saturated carbocycles. The van der Waals surface area contributed by atoms with Gasteiger partial charge in [-0.1, -0.05) is 206 Å². The normalized spacial score (nSPS) is 13.2. The minimum atomic E-state index is -0.0591. The number of hydrogen-bond acceptors (Lipinski definition) is 4. The molecule has 0 spiro atoms. The van der Waals surface area contributed by atoms with Crippen molar-refractivity contribution >= 4 is 49.6 Å². The van der Waals surface area contributed by atoms with E-state index in [1.165, 1.54) is 33.0 Å². The lowest BCUT2D eigenvalue weighted by Gasteiger charge is -2.21. The highest BCUT2D eigenvalue weighted by Gasteiger charge is 2.24. The number of hydrogen-bond donors (Lipinski definition) is 0. The van der Waals surface area contributed by atoms with Crippen LogP contribution in [0, 0.1) is 0 Å². The zero-order valence-corrected chi connectivity index (χ0v) is 39.8. The first kappa shape index (κ1) is 42.4. The van der Waals surface area contributed by atoms with Crippen LogP contribution < -0.4 is 0 Å². The van der Waals surface area contributed by atoms with E-state index in [0.29, 0.717) is 11.6 Å². The predicted molar refractivity (Wildman–Crippen MR) is 302 cm³/mol. The van der Waals surface area contributed by atoms with E-state index in [-0.39, 0.29) is 5.92 Å². The summed E-state index contributed by atoms with van der Waals surface area (Å²) in [6.45, 7) is 0. The van der Waals surface area contributed by atoms with E-state index in [9.17, 15) is 0 Å². The molecule has 0 radical (unpaired) electrons. The molecule has 1 unspecified atom stereocenters. The van der Waals surface area contributed by atoms with E-state index in [0.717, 1.165) is 101 Å². The van der Waals surface area contributed by atoms with E-state index in [1.807, 2.05) is 0 Å². The molecule has 4 heteroatoms. The van der Waals surface area contributed by atoms with Crippen LogP contribution in [0.5, 0.6) is 0 Å². The first-order valence-corrected chi connectivity index (χ1v) is 25.0. The second kappa shape index (κ2) is 17.7. The predicted octanol–water partition coefficient (Wildman–Crippen LogP) is 18.1. The summed E-state index contributed by atoms with van der Waals surface area (Å²) < 4.78 is 6.53. The lowest BCUT2D eigenvalue weighted by Crippen LogP contribution is -2.12. The molecule has 73 heavy (non-hydrogen) atoms. The molecule has 14 rings (SSSR count). The van der Waals surface area contributed by atoms with Gasteiger partial charge in [0.1, 0.15) is 17.0 Å². The van der Waals surface area contributed by atoms with Crippen molar-refractivity contribution in [2.24, 2.45) is 0 Å². The van der Waals surface area contributed by atoms with Gasteiger partial charge in [-0.15, -0.1) is 0 Å². The fourth-order valence-electron chi connectivity index (χ4n) is 10.9. The summed E-state index contributed by atoms with van der Waals surface area (Å²) in [6, 6.07) is 86.5. The zero-order valence-electron chi connectivity index (χ0n) is 39.8. The molecular weight excluding hydrogens is 887 g/mol. The number of nitrogens with zero attached hydrogens (tertiary/aromatic N) is 3. The van der Waals surface area contributed by atoms with Crippen molar-refractivity contribution in [3.8, 4) is 78.4 Å². The Labute approximate surface area is 423 Å². The largest absolute Gasteiger partial charge is 0.456 e. The molecule has 13 aromatic rings. The van der Waals surface area contributed by atoms with Gasteiger partial charge in [0.2, 0.25) is 0 Å². The van der Waals surface area contributed by atoms with Gasteiger partial charge < -0.3 is 4.42 Å². The van der Waals surface area contributed by atoms with Gasteiger partial charge >= 0.3 is 0 Å². The van der Waals surface area contributed by atoms with Crippen LogP contribution in [0.1, 0.15) is 22.9 Å². The monoisotopic (exact) mass is 931 g/mol. The molecule has 4 nitrogen and oxygen atoms in total. The molecule has 342 valence electrons. The molecule has 11 aromatic carbocycles. The lowest BCUT2D eigenvalue weighted by atomic mass is 9.86. The highest BCUT2D eigenvalue weighted by atomic mass is 16.3. The Morgan fingerprint density at radius 2 is 0.904 bits per heavy atom. The second-order valence-electron chi connectivity index (χ2n) is 19.1. The van der Waals surface area contributed by atoms with Gasteiger partial charge in [-0.05, 0) is 143 Å². The third-order valence-electron chi connectivity index (χ3n) is 14.6. The Kier molecular flexibility index (Phi) is 10.3. The van der Waals surface area contributed by atoms with E-state index >= 15 is 0 Å². The van der Waals surface area contributed by atoms with Crippen molar-refractivity contribution in [3.63, 3.8) is 0 Å². The number of furan rings is 1. The standard InChI is InChI=1S/C69H45N3O/c1-4-13-44(14-5-1)47-23-25-48(26-24-47)52-35-36-64-63(42-52)66-61(21-12-22-65(66)73-64)53-32-27-49-28-33-54(38-56(49)37-53)67-70-68(55-34-31-51-30-29-50-19-10-11-20-60(50)62(51)43-55)72-69(71-67)59-40-57(45-15-6-2-7-16-45)39-58(41-59)46-17-8-3-9-18-46/h1-42,55H,43H2. The van der Waals surface area contributed by atoms with E-state index in [2.05, 4.69) is 255 Å². The third-order valence-corrected chi connectivity index (χ3v) is 14.6. The maximum Gasteiger partial charge on any atom is 0.163 e. The molecule has 0 bridgehead atoms. The lowest BCUT2D eigenvalue weighted by molar-refractivity contribution is 0.669. The van der Waals surface area contributed by atoms with Crippen LogP contribution in [-0.4, -0.2) is 15.0 Å². The number of fused-ring (bicyclic) bond motifs is 7. The van der Waals surface area contributed by atoms with Crippen molar-refractivity contribution in [1.82, 2.24) is 15.0 Å². The van der Waals surface area contributed by atoms with Crippen LogP contribution in [0.15, 0.2) is 253 Å². The smallest absolute Gasteiger partial charge is 0.163 e. The molecular formula is C69H45N3O. The first-order chi connectivity index (χ1) is 36.1. The average molecular weight is 932 g/mol. The van der Waals surface area contributed by atoms with Crippen molar-refractivity contribution in [2.45, 2.75) is 12.3 Å². The Bertz CT molecular complexity index is 4220. The quantitative estimate of drug-likeness (QED) is 0.152. The molecule has 0 fully saturated rings. The number of benzene rings is 11. The molecule has 2 aromatic heterocycles. The van der Waals surface area contributed by atoms with Gasteiger partial charge in [-0.3, -0.25) is 0 Å². The molecule has 0 saturated heterocycles. The summed E-state index contributed by atoms with van der Waals surface area (Å²) >= 11 is 0. The van der Waals surface area contributed by atoms with Crippen molar-refractivity contribution in [1.29, 1.82) is 0 Å². The Hall–Kier alpha value is -9.51. The van der Waals surface area contributed by atoms with Gasteiger partial charge in [-0.2, -0.15) is 0 Å². The maximum atomic E-state index is 6.53. The SMILES string of the molecule is C1=CC(c2nc(-c3cc(-c4ccccc4)cc(-c4ccccc4)c3)nc(-c3ccc4ccc(-c5cccc6oc7ccc(-c8ccc(-c9ccccc9)cc8)cc7c56)cc4c3)n2)Cc2c1ccc1ccccc21. The third kappa shape index (κ3) is 7.87. The van der Waals surface area contributed by atoms with E-state index in [4.69, 9.17) is 19.4 Å². The van der Waals surface area contributed by atoms with Crippen LogP contribution in [0.4, 0.5) is 0 Å². The summed E-state index contributed by atoms with van der Waals surface area (Å²) in [4.78, 5) is 16.2. The molecule has 2 heterocycles. The van der Waals surface area contributed by atoms with Gasteiger partial charge in [-0.25, -0.2) is 15.0 Å². The Morgan fingerprint density at radius 3 is 1.63 bits per heavy atom. The Balaban J connectivity index is 0.889. The summed E-state index contributed by atoms with van der Waals surface area (Å²) in [5.41, 5.74) is 17.6. The number of rotatable bonds is 8.